The van der Waals surface area contributed by atoms with Gasteiger partial charge in [0.15, 0.2) is 5.65 Å². The van der Waals surface area contributed by atoms with Gasteiger partial charge in [-0.25, -0.2) is 4.98 Å². The highest BCUT2D eigenvalue weighted by Crippen LogP contribution is 2.29. The van der Waals surface area contributed by atoms with Crippen molar-refractivity contribution in [2.45, 2.75) is 52.0 Å². The number of hydrogen-bond donors (Lipinski definition) is 1. The number of piperidine rings is 1. The lowest BCUT2D eigenvalue weighted by Crippen LogP contribution is -2.44. The second kappa shape index (κ2) is 9.95. The van der Waals surface area contributed by atoms with Gasteiger partial charge in [-0.15, -0.1) is 0 Å². The Labute approximate surface area is 195 Å². The zero-order valence-corrected chi connectivity index (χ0v) is 19.5. The summed E-state index contributed by atoms with van der Waals surface area (Å²) in [5.74, 6) is 1.28. The molecule has 0 saturated carbocycles. The zero-order chi connectivity index (χ0) is 22.7. The summed E-state index contributed by atoms with van der Waals surface area (Å²) >= 11 is 6.42. The van der Waals surface area contributed by atoms with Crippen molar-refractivity contribution in [3.63, 3.8) is 0 Å². The molecule has 1 unspecified atom stereocenters. The van der Waals surface area contributed by atoms with Crippen molar-refractivity contribution < 1.29 is 4.79 Å². The maximum absolute atomic E-state index is 12.9. The quantitative estimate of drug-likeness (QED) is 0.552. The molecule has 32 heavy (non-hydrogen) atoms. The molecule has 2 aromatic heterocycles. The number of amides is 1. The molecule has 0 aliphatic carbocycles. The molecule has 1 aromatic carbocycles. The molecule has 8 heteroatoms. The lowest BCUT2D eigenvalue weighted by Gasteiger charge is -2.35. The van der Waals surface area contributed by atoms with Crippen LogP contribution in [0, 0.1) is 5.92 Å². The van der Waals surface area contributed by atoms with E-state index in [-0.39, 0.29) is 12.0 Å². The lowest BCUT2D eigenvalue weighted by atomic mass is 9.96. The van der Waals surface area contributed by atoms with E-state index in [0.29, 0.717) is 22.0 Å². The number of aromatic nitrogens is 3. The van der Waals surface area contributed by atoms with Crippen LogP contribution in [0.3, 0.4) is 0 Å². The third-order valence-electron chi connectivity index (χ3n) is 6.29. The summed E-state index contributed by atoms with van der Waals surface area (Å²) in [6.45, 7) is 5.78. The van der Waals surface area contributed by atoms with Gasteiger partial charge < -0.3 is 10.2 Å². The maximum Gasteiger partial charge on any atom is 0.225 e. The van der Waals surface area contributed by atoms with Crippen molar-refractivity contribution in [2.75, 3.05) is 18.4 Å². The fraction of sp³-hybridized carbons (Fsp3) is 0.458. The largest absolute Gasteiger partial charge is 0.367 e. The Hall–Kier alpha value is -2.54. The van der Waals surface area contributed by atoms with Crippen LogP contribution in [0.25, 0.3) is 16.9 Å². The van der Waals surface area contributed by atoms with Crippen molar-refractivity contribution in [3.8, 4) is 11.3 Å². The first kappa shape index (κ1) is 22.7. The second-order valence-electron chi connectivity index (χ2n) is 8.48. The van der Waals surface area contributed by atoms with Crippen LogP contribution >= 0.6 is 11.6 Å². The van der Waals surface area contributed by atoms with Crippen LogP contribution < -0.4 is 10.8 Å². The molecule has 3 aromatic rings. The molecule has 1 N–H and O–H groups in total. The SMILES string of the molecule is [B]c1cnn2c(NC3CCN(C(=O)C(CC)CCC)CC3)cc(-c3ccccc3Cl)nc12. The molecule has 0 bridgehead atoms. The van der Waals surface area contributed by atoms with Gasteiger partial charge in [0.25, 0.3) is 0 Å². The first-order chi connectivity index (χ1) is 15.5. The number of fused-ring (bicyclic) bond motifs is 1. The van der Waals surface area contributed by atoms with E-state index in [2.05, 4.69) is 24.3 Å². The van der Waals surface area contributed by atoms with Crippen LogP contribution in [0.15, 0.2) is 36.5 Å². The van der Waals surface area contributed by atoms with Gasteiger partial charge in [-0.3, -0.25) is 4.79 Å². The molecule has 6 nitrogen and oxygen atoms in total. The van der Waals surface area contributed by atoms with Gasteiger partial charge >= 0.3 is 0 Å². The van der Waals surface area contributed by atoms with Crippen LogP contribution in [0.2, 0.25) is 5.02 Å². The van der Waals surface area contributed by atoms with Crippen molar-refractivity contribution in [3.05, 3.63) is 41.6 Å². The van der Waals surface area contributed by atoms with Crippen LogP contribution in [-0.4, -0.2) is 52.4 Å². The van der Waals surface area contributed by atoms with Crippen LogP contribution in [0.4, 0.5) is 5.82 Å². The molecule has 166 valence electrons. The number of halogens is 1. The van der Waals surface area contributed by atoms with Gasteiger partial charge in [-0.05, 0) is 37.2 Å². The fourth-order valence-corrected chi connectivity index (χ4v) is 4.68. The highest BCUT2D eigenvalue weighted by Gasteiger charge is 2.27. The minimum absolute atomic E-state index is 0.148. The summed E-state index contributed by atoms with van der Waals surface area (Å²) in [5.41, 5.74) is 2.71. The normalized spacial score (nSPS) is 15.8. The van der Waals surface area contributed by atoms with Crippen molar-refractivity contribution in [1.29, 1.82) is 0 Å². The maximum atomic E-state index is 12.9. The van der Waals surface area contributed by atoms with Gasteiger partial charge in [0.2, 0.25) is 5.91 Å². The summed E-state index contributed by atoms with van der Waals surface area (Å²) in [5, 5.41) is 8.66. The third kappa shape index (κ3) is 4.63. The number of nitrogens with one attached hydrogen (secondary N) is 1. The minimum Gasteiger partial charge on any atom is -0.367 e. The van der Waals surface area contributed by atoms with Crippen LogP contribution in [0.1, 0.15) is 46.0 Å². The van der Waals surface area contributed by atoms with E-state index in [1.807, 2.05) is 35.2 Å². The number of carbonyl (C=O) groups is 1. The van der Waals surface area contributed by atoms with E-state index in [0.717, 1.165) is 62.3 Å². The first-order valence-corrected chi connectivity index (χ1v) is 11.8. The molecule has 1 aliphatic rings. The Morgan fingerprint density at radius 3 is 2.72 bits per heavy atom. The van der Waals surface area contributed by atoms with Crippen molar-refractivity contribution in [1.82, 2.24) is 19.5 Å². The number of hydrogen-bond acceptors (Lipinski definition) is 4. The molecule has 1 fully saturated rings. The van der Waals surface area contributed by atoms with E-state index >= 15 is 0 Å². The monoisotopic (exact) mass is 449 g/mol. The van der Waals surface area contributed by atoms with Crippen LogP contribution in [-0.2, 0) is 4.79 Å². The van der Waals surface area contributed by atoms with Gasteiger partial charge in [0.05, 0.1) is 5.69 Å². The van der Waals surface area contributed by atoms with E-state index in [1.165, 1.54) is 0 Å². The minimum atomic E-state index is 0.148. The highest BCUT2D eigenvalue weighted by atomic mass is 35.5. The first-order valence-electron chi connectivity index (χ1n) is 11.5. The van der Waals surface area contributed by atoms with Crippen molar-refractivity contribution in [2.24, 2.45) is 5.92 Å². The predicted octanol–water partition coefficient (Wildman–Crippen LogP) is 4.07. The number of rotatable bonds is 7. The summed E-state index contributed by atoms with van der Waals surface area (Å²) in [4.78, 5) is 19.6. The standard InChI is InChI=1S/C24H29BClN5O/c1-3-7-16(4-2)24(32)30-12-10-17(11-13-30)28-22-14-21(18-8-5-6-9-20(18)26)29-23-19(25)15-27-31(22)23/h5-6,8-9,14-17,28H,3-4,7,10-13H2,1-2H3. The van der Waals surface area contributed by atoms with Gasteiger partial charge in [0.1, 0.15) is 13.7 Å². The Kier molecular flexibility index (Phi) is 7.04. The molecular weight excluding hydrogens is 421 g/mol. The third-order valence-corrected chi connectivity index (χ3v) is 6.62. The average molecular weight is 450 g/mol. The highest BCUT2D eigenvalue weighted by molar-refractivity contribution is 6.36. The topological polar surface area (TPSA) is 62.5 Å². The van der Waals surface area contributed by atoms with Gasteiger partial charge in [-0.2, -0.15) is 9.61 Å². The van der Waals surface area contributed by atoms with E-state index < -0.39 is 0 Å². The van der Waals surface area contributed by atoms with Gasteiger partial charge in [-0.1, -0.05) is 50.1 Å². The molecule has 1 saturated heterocycles. The van der Waals surface area contributed by atoms with E-state index in [4.69, 9.17) is 24.4 Å². The molecule has 1 amide bonds. The molecule has 1 atom stereocenters. The average Bonchev–Trinajstić information content (AvgIpc) is 3.19. The van der Waals surface area contributed by atoms with E-state index in [9.17, 15) is 4.79 Å². The Morgan fingerprint density at radius 1 is 1.28 bits per heavy atom. The second-order valence-corrected chi connectivity index (χ2v) is 8.89. The number of anilines is 1. The summed E-state index contributed by atoms with van der Waals surface area (Å²) in [6.07, 6.45) is 6.30. The molecular formula is C24H29BClN5O. The lowest BCUT2D eigenvalue weighted by molar-refractivity contribution is -0.136. The Morgan fingerprint density at radius 2 is 2.03 bits per heavy atom. The Bertz CT molecular complexity index is 1090. The summed E-state index contributed by atoms with van der Waals surface area (Å²) in [7, 11) is 6.13. The zero-order valence-electron chi connectivity index (χ0n) is 18.7. The fourth-order valence-electron chi connectivity index (χ4n) is 4.45. The number of carbonyl (C=O) groups excluding carboxylic acids is 1. The smallest absolute Gasteiger partial charge is 0.225 e. The summed E-state index contributed by atoms with van der Waals surface area (Å²) in [6, 6.07) is 9.84. The number of nitrogens with zero attached hydrogens (tertiary/aromatic N) is 4. The van der Waals surface area contributed by atoms with Crippen LogP contribution in [0.5, 0.6) is 0 Å². The van der Waals surface area contributed by atoms with Crippen molar-refractivity contribution >= 4 is 42.3 Å². The predicted molar refractivity (Wildman–Crippen MR) is 131 cm³/mol. The molecule has 4 rings (SSSR count). The molecule has 0 spiro atoms. The number of likely N-dealkylation sites (tertiary alicyclic amines) is 1. The van der Waals surface area contributed by atoms with E-state index in [1.54, 1.807) is 10.7 Å². The molecule has 3 heterocycles. The number of benzene rings is 1. The Balaban J connectivity index is 1.53. The molecule has 2 radical (unpaired) electrons. The molecule has 1 aliphatic heterocycles. The van der Waals surface area contributed by atoms with Gasteiger partial charge in [0, 0.05) is 47.9 Å². The summed E-state index contributed by atoms with van der Waals surface area (Å²) < 4.78 is 1.74.